The quantitative estimate of drug-likeness (QED) is 0.653. The maximum Gasteiger partial charge on any atom is 0.243 e. The maximum absolute atomic E-state index is 13.0. The molecule has 27 heavy (non-hydrogen) atoms. The van der Waals surface area contributed by atoms with Gasteiger partial charge in [-0.05, 0) is 49.2 Å². The molecule has 0 aliphatic carbocycles. The van der Waals surface area contributed by atoms with E-state index in [4.69, 9.17) is 4.74 Å². The van der Waals surface area contributed by atoms with Crippen molar-refractivity contribution in [3.63, 3.8) is 0 Å². The van der Waals surface area contributed by atoms with Crippen molar-refractivity contribution >= 4 is 10.0 Å². The zero-order chi connectivity index (χ0) is 19.6. The summed E-state index contributed by atoms with van der Waals surface area (Å²) in [6.45, 7) is 3.92. The highest BCUT2D eigenvalue weighted by atomic mass is 32.2. The normalized spacial score (nSPS) is 11.7. The standard InChI is InChI=1S/C20H23N3O3S/c1-15-10-19(11-16(2)20(15)26-4)27(24,25)22(3)13-17-12-21-23(14-17)18-8-6-5-7-9-18/h5-12,14H,13H2,1-4H3. The number of ether oxygens (including phenoxy) is 1. The van der Waals surface area contributed by atoms with Gasteiger partial charge in [0.15, 0.2) is 0 Å². The van der Waals surface area contributed by atoms with Crippen LogP contribution in [0.5, 0.6) is 5.75 Å². The highest BCUT2D eigenvalue weighted by Gasteiger charge is 2.23. The number of rotatable bonds is 6. The topological polar surface area (TPSA) is 64.4 Å². The van der Waals surface area contributed by atoms with Crippen molar-refractivity contribution in [2.75, 3.05) is 14.2 Å². The zero-order valence-electron chi connectivity index (χ0n) is 15.9. The Morgan fingerprint density at radius 1 is 1.11 bits per heavy atom. The lowest BCUT2D eigenvalue weighted by Gasteiger charge is -2.18. The van der Waals surface area contributed by atoms with Crippen LogP contribution in [0.15, 0.2) is 59.8 Å². The third-order valence-corrected chi connectivity index (χ3v) is 6.19. The number of nitrogens with zero attached hydrogens (tertiary/aromatic N) is 3. The Labute approximate surface area is 160 Å². The van der Waals surface area contributed by atoms with Gasteiger partial charge in [0.25, 0.3) is 0 Å². The summed E-state index contributed by atoms with van der Waals surface area (Å²) in [7, 11) is -0.465. The minimum atomic E-state index is -3.62. The number of para-hydroxylation sites is 1. The van der Waals surface area contributed by atoms with Crippen LogP contribution in [0.25, 0.3) is 5.69 Å². The molecule has 0 aliphatic rings. The molecular weight excluding hydrogens is 362 g/mol. The molecule has 6 nitrogen and oxygen atoms in total. The Bertz CT molecular complexity index is 1020. The second-order valence-electron chi connectivity index (χ2n) is 6.48. The lowest BCUT2D eigenvalue weighted by Crippen LogP contribution is -2.26. The molecule has 7 heteroatoms. The predicted octanol–water partition coefficient (Wildman–Crippen LogP) is 3.32. The van der Waals surface area contributed by atoms with Gasteiger partial charge in [0.1, 0.15) is 5.75 Å². The van der Waals surface area contributed by atoms with Crippen LogP contribution < -0.4 is 4.74 Å². The molecule has 0 bridgehead atoms. The maximum atomic E-state index is 13.0. The summed E-state index contributed by atoms with van der Waals surface area (Å²) in [6.07, 6.45) is 3.52. The van der Waals surface area contributed by atoms with Crippen LogP contribution in [0.2, 0.25) is 0 Å². The number of hydrogen-bond donors (Lipinski definition) is 0. The Hall–Kier alpha value is -2.64. The molecule has 0 radical (unpaired) electrons. The number of aryl methyl sites for hydroxylation is 2. The van der Waals surface area contributed by atoms with Crippen LogP contribution in [0.4, 0.5) is 0 Å². The Morgan fingerprint density at radius 2 is 1.74 bits per heavy atom. The van der Waals surface area contributed by atoms with Crippen molar-refractivity contribution in [2.45, 2.75) is 25.3 Å². The fraction of sp³-hybridized carbons (Fsp3) is 0.250. The third-order valence-electron chi connectivity index (χ3n) is 4.41. The van der Waals surface area contributed by atoms with E-state index in [1.165, 1.54) is 4.31 Å². The van der Waals surface area contributed by atoms with E-state index in [9.17, 15) is 8.42 Å². The Morgan fingerprint density at radius 3 is 2.33 bits per heavy atom. The van der Waals surface area contributed by atoms with E-state index in [2.05, 4.69) is 5.10 Å². The first-order valence-corrected chi connectivity index (χ1v) is 9.97. The number of sulfonamides is 1. The summed E-state index contributed by atoms with van der Waals surface area (Å²) in [5.74, 6) is 0.709. The van der Waals surface area contributed by atoms with Crippen LogP contribution in [0, 0.1) is 13.8 Å². The van der Waals surface area contributed by atoms with Gasteiger partial charge < -0.3 is 4.74 Å². The first kappa shape index (κ1) is 19.1. The smallest absolute Gasteiger partial charge is 0.243 e. The van der Waals surface area contributed by atoms with Crippen LogP contribution in [-0.4, -0.2) is 36.7 Å². The van der Waals surface area contributed by atoms with E-state index >= 15 is 0 Å². The highest BCUT2D eigenvalue weighted by Crippen LogP contribution is 2.28. The van der Waals surface area contributed by atoms with E-state index in [0.717, 1.165) is 22.4 Å². The number of benzene rings is 2. The second kappa shape index (κ2) is 7.54. The molecular formula is C20H23N3O3S. The van der Waals surface area contributed by atoms with Gasteiger partial charge >= 0.3 is 0 Å². The summed E-state index contributed by atoms with van der Waals surface area (Å²) in [5.41, 5.74) is 3.32. The van der Waals surface area contributed by atoms with E-state index in [0.29, 0.717) is 5.75 Å². The van der Waals surface area contributed by atoms with Crippen LogP contribution >= 0.6 is 0 Å². The molecule has 0 atom stereocenters. The number of methoxy groups -OCH3 is 1. The van der Waals surface area contributed by atoms with Crippen molar-refractivity contribution in [1.82, 2.24) is 14.1 Å². The molecule has 3 aromatic rings. The first-order chi connectivity index (χ1) is 12.8. The molecule has 3 rings (SSSR count). The first-order valence-electron chi connectivity index (χ1n) is 8.53. The van der Waals surface area contributed by atoms with Gasteiger partial charge in [-0.15, -0.1) is 0 Å². The average Bonchev–Trinajstić information content (AvgIpc) is 3.10. The molecule has 0 fully saturated rings. The minimum absolute atomic E-state index is 0.235. The summed E-state index contributed by atoms with van der Waals surface area (Å²) in [5, 5.41) is 4.32. The summed E-state index contributed by atoms with van der Waals surface area (Å²) >= 11 is 0. The number of aromatic nitrogens is 2. The molecule has 0 amide bonds. The van der Waals surface area contributed by atoms with Crippen molar-refractivity contribution in [3.8, 4) is 11.4 Å². The van der Waals surface area contributed by atoms with Gasteiger partial charge in [-0.3, -0.25) is 0 Å². The van der Waals surface area contributed by atoms with E-state index in [1.807, 2.05) is 50.4 Å². The van der Waals surface area contributed by atoms with Crippen LogP contribution in [-0.2, 0) is 16.6 Å². The largest absolute Gasteiger partial charge is 0.496 e. The Kier molecular flexibility index (Phi) is 5.34. The van der Waals surface area contributed by atoms with Gasteiger partial charge in [0.05, 0.1) is 23.9 Å². The molecule has 2 aromatic carbocycles. The van der Waals surface area contributed by atoms with Crippen LogP contribution in [0.3, 0.4) is 0 Å². The van der Waals surface area contributed by atoms with E-state index in [1.54, 1.807) is 37.2 Å². The van der Waals surface area contributed by atoms with Crippen molar-refractivity contribution in [2.24, 2.45) is 0 Å². The molecule has 0 saturated heterocycles. The molecule has 1 aromatic heterocycles. The predicted molar refractivity (Wildman–Crippen MR) is 105 cm³/mol. The van der Waals surface area contributed by atoms with Crippen molar-refractivity contribution in [1.29, 1.82) is 0 Å². The molecule has 0 saturated carbocycles. The SMILES string of the molecule is COc1c(C)cc(S(=O)(=O)N(C)Cc2cnn(-c3ccccc3)c2)cc1C. The highest BCUT2D eigenvalue weighted by molar-refractivity contribution is 7.89. The van der Waals surface area contributed by atoms with Gasteiger partial charge in [0, 0.05) is 25.4 Å². The lowest BCUT2D eigenvalue weighted by atomic mass is 10.1. The molecule has 1 heterocycles. The van der Waals surface area contributed by atoms with Gasteiger partial charge in [0.2, 0.25) is 10.0 Å². The Balaban J connectivity index is 1.83. The summed E-state index contributed by atoms with van der Waals surface area (Å²) < 4.78 is 34.3. The summed E-state index contributed by atoms with van der Waals surface area (Å²) in [6, 6.07) is 13.0. The van der Waals surface area contributed by atoms with Crippen molar-refractivity contribution in [3.05, 3.63) is 71.5 Å². The monoisotopic (exact) mass is 385 g/mol. The zero-order valence-corrected chi connectivity index (χ0v) is 16.7. The molecule has 142 valence electrons. The van der Waals surface area contributed by atoms with Gasteiger partial charge in [-0.25, -0.2) is 13.1 Å². The molecule has 0 unspecified atom stereocenters. The second-order valence-corrected chi connectivity index (χ2v) is 8.52. The third kappa shape index (κ3) is 3.89. The number of hydrogen-bond acceptors (Lipinski definition) is 4. The lowest BCUT2D eigenvalue weighted by molar-refractivity contribution is 0.408. The van der Waals surface area contributed by atoms with E-state index < -0.39 is 10.0 Å². The fourth-order valence-corrected chi connectivity index (χ4v) is 4.40. The van der Waals surface area contributed by atoms with Crippen molar-refractivity contribution < 1.29 is 13.2 Å². The molecule has 0 aliphatic heterocycles. The minimum Gasteiger partial charge on any atom is -0.496 e. The molecule has 0 N–H and O–H groups in total. The summed E-state index contributed by atoms with van der Waals surface area (Å²) in [4.78, 5) is 0.260. The molecule has 0 spiro atoms. The van der Waals surface area contributed by atoms with Gasteiger partial charge in [-0.1, -0.05) is 18.2 Å². The van der Waals surface area contributed by atoms with Crippen LogP contribution in [0.1, 0.15) is 16.7 Å². The fourth-order valence-electron chi connectivity index (χ4n) is 3.07. The van der Waals surface area contributed by atoms with Gasteiger partial charge in [-0.2, -0.15) is 9.40 Å². The van der Waals surface area contributed by atoms with E-state index in [-0.39, 0.29) is 11.4 Å². The average molecular weight is 385 g/mol.